The Hall–Kier alpha value is -1.26. The number of rotatable bonds is 8. The van der Waals surface area contributed by atoms with Crippen molar-refractivity contribution in [1.29, 1.82) is 0 Å². The molecule has 0 spiro atoms. The Kier molecular flexibility index (Phi) is 6.54. The van der Waals surface area contributed by atoms with Gasteiger partial charge in [-0.2, -0.15) is 0 Å². The van der Waals surface area contributed by atoms with Crippen molar-refractivity contribution in [2.45, 2.75) is 6.42 Å². The predicted octanol–water partition coefficient (Wildman–Crippen LogP) is 1.41. The fourth-order valence-electron chi connectivity index (χ4n) is 1.85. The van der Waals surface area contributed by atoms with Gasteiger partial charge in [0.2, 0.25) is 0 Å². The minimum absolute atomic E-state index is 0.716. The Labute approximate surface area is 110 Å². The van der Waals surface area contributed by atoms with E-state index in [2.05, 4.69) is 30.0 Å². The summed E-state index contributed by atoms with van der Waals surface area (Å²) in [4.78, 5) is 4.52. The molecular formula is C14H25N3O. The van der Waals surface area contributed by atoms with Crippen molar-refractivity contribution in [3.8, 4) is 5.75 Å². The maximum atomic E-state index is 5.61. The molecule has 0 aliphatic rings. The minimum atomic E-state index is 0.716. The number of hydrogen-bond donors (Lipinski definition) is 1. The SMILES string of the molecule is COc1ccccc1N(CCCN)CCN(C)C. The molecule has 0 fully saturated rings. The molecule has 0 aromatic heterocycles. The standard InChI is InChI=1S/C14H25N3O/c1-16(2)11-12-17(10-6-9-15)13-7-4-5-8-14(13)18-3/h4-5,7-8H,6,9-12,15H2,1-3H3. The first-order chi connectivity index (χ1) is 8.69. The molecule has 0 saturated carbocycles. The first-order valence-electron chi connectivity index (χ1n) is 6.41. The lowest BCUT2D eigenvalue weighted by molar-refractivity contribution is 0.402. The van der Waals surface area contributed by atoms with Crippen LogP contribution in [0, 0.1) is 0 Å². The highest BCUT2D eigenvalue weighted by atomic mass is 16.5. The van der Waals surface area contributed by atoms with Crippen molar-refractivity contribution in [3.63, 3.8) is 0 Å². The molecule has 1 aromatic rings. The fraction of sp³-hybridized carbons (Fsp3) is 0.571. The van der Waals surface area contributed by atoms with Crippen molar-refractivity contribution in [2.24, 2.45) is 5.73 Å². The van der Waals surface area contributed by atoms with Crippen molar-refractivity contribution < 1.29 is 4.74 Å². The van der Waals surface area contributed by atoms with Gasteiger partial charge in [0, 0.05) is 19.6 Å². The molecule has 0 radical (unpaired) electrons. The number of ether oxygens (including phenoxy) is 1. The van der Waals surface area contributed by atoms with Crippen LogP contribution in [-0.4, -0.2) is 52.3 Å². The van der Waals surface area contributed by atoms with Crippen LogP contribution >= 0.6 is 0 Å². The van der Waals surface area contributed by atoms with E-state index in [0.29, 0.717) is 6.54 Å². The van der Waals surface area contributed by atoms with Gasteiger partial charge < -0.3 is 20.3 Å². The molecule has 4 nitrogen and oxygen atoms in total. The zero-order valence-electron chi connectivity index (χ0n) is 11.7. The highest BCUT2D eigenvalue weighted by molar-refractivity contribution is 5.58. The fourth-order valence-corrected chi connectivity index (χ4v) is 1.85. The van der Waals surface area contributed by atoms with Crippen molar-refractivity contribution in [1.82, 2.24) is 4.90 Å². The average Bonchev–Trinajstić information content (AvgIpc) is 2.38. The maximum absolute atomic E-state index is 5.61. The number of anilines is 1. The zero-order chi connectivity index (χ0) is 13.4. The zero-order valence-corrected chi connectivity index (χ0v) is 11.7. The van der Waals surface area contributed by atoms with Crippen molar-refractivity contribution >= 4 is 5.69 Å². The minimum Gasteiger partial charge on any atom is -0.495 e. The predicted molar refractivity (Wildman–Crippen MR) is 77.4 cm³/mol. The van der Waals surface area contributed by atoms with E-state index in [1.165, 1.54) is 0 Å². The van der Waals surface area contributed by atoms with Crippen LogP contribution in [0.5, 0.6) is 5.75 Å². The van der Waals surface area contributed by atoms with Crippen LogP contribution in [0.4, 0.5) is 5.69 Å². The van der Waals surface area contributed by atoms with Crippen LogP contribution in [0.3, 0.4) is 0 Å². The van der Waals surface area contributed by atoms with E-state index in [1.54, 1.807) is 7.11 Å². The van der Waals surface area contributed by atoms with E-state index < -0.39 is 0 Å². The third-order valence-corrected chi connectivity index (χ3v) is 2.88. The average molecular weight is 251 g/mol. The van der Waals surface area contributed by atoms with Gasteiger partial charge in [-0.3, -0.25) is 0 Å². The molecule has 0 atom stereocenters. The van der Waals surface area contributed by atoms with Gasteiger partial charge in [-0.05, 0) is 39.2 Å². The quantitative estimate of drug-likeness (QED) is 0.758. The molecule has 0 unspecified atom stereocenters. The molecule has 2 N–H and O–H groups in total. The molecule has 0 amide bonds. The summed E-state index contributed by atoms with van der Waals surface area (Å²) in [5.41, 5.74) is 6.76. The number of likely N-dealkylation sites (N-methyl/N-ethyl adjacent to an activating group) is 1. The number of para-hydroxylation sites is 2. The normalized spacial score (nSPS) is 10.7. The first-order valence-corrected chi connectivity index (χ1v) is 6.41. The molecule has 0 saturated heterocycles. The number of nitrogens with two attached hydrogens (primary N) is 1. The second-order valence-corrected chi connectivity index (χ2v) is 4.60. The number of hydrogen-bond acceptors (Lipinski definition) is 4. The number of nitrogens with zero attached hydrogens (tertiary/aromatic N) is 2. The van der Waals surface area contributed by atoms with E-state index in [9.17, 15) is 0 Å². The molecule has 0 aliphatic heterocycles. The monoisotopic (exact) mass is 251 g/mol. The summed E-state index contributed by atoms with van der Waals surface area (Å²) >= 11 is 0. The van der Waals surface area contributed by atoms with Gasteiger partial charge in [-0.1, -0.05) is 12.1 Å². The van der Waals surface area contributed by atoms with Crippen LogP contribution in [0.25, 0.3) is 0 Å². The Morgan fingerprint density at radius 1 is 1.11 bits per heavy atom. The second-order valence-electron chi connectivity index (χ2n) is 4.60. The van der Waals surface area contributed by atoms with Gasteiger partial charge >= 0.3 is 0 Å². The summed E-state index contributed by atoms with van der Waals surface area (Å²) in [5, 5.41) is 0. The highest BCUT2D eigenvalue weighted by Gasteiger charge is 2.11. The molecule has 0 aliphatic carbocycles. The van der Waals surface area contributed by atoms with Crippen LogP contribution in [0.1, 0.15) is 6.42 Å². The number of benzene rings is 1. The van der Waals surface area contributed by atoms with Crippen LogP contribution in [-0.2, 0) is 0 Å². The molecule has 1 aromatic carbocycles. The Balaban J connectivity index is 2.79. The summed E-state index contributed by atoms with van der Waals surface area (Å²) in [6.07, 6.45) is 0.992. The molecule has 0 heterocycles. The number of methoxy groups -OCH3 is 1. The summed E-state index contributed by atoms with van der Waals surface area (Å²) < 4.78 is 5.43. The smallest absolute Gasteiger partial charge is 0.142 e. The van der Waals surface area contributed by atoms with Gasteiger partial charge in [0.1, 0.15) is 5.75 Å². The van der Waals surface area contributed by atoms with E-state index in [1.807, 2.05) is 18.2 Å². The Morgan fingerprint density at radius 2 is 1.83 bits per heavy atom. The van der Waals surface area contributed by atoms with Gasteiger partial charge in [-0.15, -0.1) is 0 Å². The first kappa shape index (κ1) is 14.8. The molecule has 102 valence electrons. The largest absolute Gasteiger partial charge is 0.495 e. The Bertz CT molecular complexity index is 342. The molecular weight excluding hydrogens is 226 g/mol. The molecule has 0 bridgehead atoms. The highest BCUT2D eigenvalue weighted by Crippen LogP contribution is 2.27. The van der Waals surface area contributed by atoms with E-state index >= 15 is 0 Å². The molecule has 4 heteroatoms. The van der Waals surface area contributed by atoms with Gasteiger partial charge in [0.15, 0.2) is 0 Å². The van der Waals surface area contributed by atoms with Crippen LogP contribution in [0.15, 0.2) is 24.3 Å². The lowest BCUT2D eigenvalue weighted by Gasteiger charge is -2.27. The third-order valence-electron chi connectivity index (χ3n) is 2.88. The van der Waals surface area contributed by atoms with Gasteiger partial charge in [-0.25, -0.2) is 0 Å². The van der Waals surface area contributed by atoms with E-state index in [0.717, 1.165) is 37.5 Å². The third kappa shape index (κ3) is 4.55. The van der Waals surface area contributed by atoms with Gasteiger partial charge in [0.05, 0.1) is 12.8 Å². The lowest BCUT2D eigenvalue weighted by atomic mass is 10.2. The molecule has 18 heavy (non-hydrogen) atoms. The van der Waals surface area contributed by atoms with Gasteiger partial charge in [0.25, 0.3) is 0 Å². The topological polar surface area (TPSA) is 41.7 Å². The van der Waals surface area contributed by atoms with Crippen LogP contribution in [0.2, 0.25) is 0 Å². The van der Waals surface area contributed by atoms with Crippen LogP contribution < -0.4 is 15.4 Å². The summed E-state index contributed by atoms with van der Waals surface area (Å²) in [7, 11) is 5.89. The maximum Gasteiger partial charge on any atom is 0.142 e. The van der Waals surface area contributed by atoms with Crippen molar-refractivity contribution in [3.05, 3.63) is 24.3 Å². The van der Waals surface area contributed by atoms with E-state index in [4.69, 9.17) is 10.5 Å². The van der Waals surface area contributed by atoms with Crippen molar-refractivity contribution in [2.75, 3.05) is 52.3 Å². The Morgan fingerprint density at radius 3 is 2.44 bits per heavy atom. The lowest BCUT2D eigenvalue weighted by Crippen LogP contribution is -2.33. The summed E-state index contributed by atoms with van der Waals surface area (Å²) in [5.74, 6) is 0.924. The van der Waals surface area contributed by atoms with E-state index in [-0.39, 0.29) is 0 Å². The summed E-state index contributed by atoms with van der Waals surface area (Å²) in [6, 6.07) is 8.14. The summed E-state index contributed by atoms with van der Waals surface area (Å²) in [6.45, 7) is 3.67. The second kappa shape index (κ2) is 7.95. The molecule has 1 rings (SSSR count).